The molecule has 0 bridgehead atoms. The van der Waals surface area contributed by atoms with Crippen molar-refractivity contribution in [3.05, 3.63) is 53.0 Å². The Morgan fingerprint density at radius 2 is 1.89 bits per heavy atom. The number of benzene rings is 1. The van der Waals surface area contributed by atoms with E-state index in [2.05, 4.69) is 17.3 Å². The Balaban J connectivity index is 1.53. The molecule has 4 rings (SSSR count). The molecule has 148 valence electrons. The second kappa shape index (κ2) is 8.27. The normalized spacial score (nSPS) is 18.0. The van der Waals surface area contributed by atoms with Crippen molar-refractivity contribution in [3.8, 4) is 0 Å². The van der Waals surface area contributed by atoms with Crippen molar-refractivity contribution in [1.82, 2.24) is 19.8 Å². The number of amides is 1. The predicted molar refractivity (Wildman–Crippen MR) is 110 cm³/mol. The largest absolute Gasteiger partial charge is 0.373 e. The predicted octanol–water partition coefficient (Wildman–Crippen LogP) is 2.45. The average molecular weight is 380 g/mol. The van der Waals surface area contributed by atoms with Crippen LogP contribution in [0.1, 0.15) is 41.4 Å². The van der Waals surface area contributed by atoms with Gasteiger partial charge < -0.3 is 15.1 Å². The summed E-state index contributed by atoms with van der Waals surface area (Å²) in [6.45, 7) is 3.48. The fraction of sp³-hybridized carbons (Fsp3) is 0.500. The molecular weight excluding hydrogens is 350 g/mol. The summed E-state index contributed by atoms with van der Waals surface area (Å²) < 4.78 is 0. The number of nitrogens with one attached hydrogen (secondary N) is 1. The van der Waals surface area contributed by atoms with E-state index < -0.39 is 0 Å². The lowest BCUT2D eigenvalue weighted by Crippen LogP contribution is -2.38. The molecule has 0 unspecified atom stereocenters. The second-order valence-corrected chi connectivity index (χ2v) is 7.91. The number of carbonyl (C=O) groups excluding carboxylic acids is 1. The highest BCUT2D eigenvalue weighted by Gasteiger charge is 2.28. The summed E-state index contributed by atoms with van der Waals surface area (Å²) in [5, 5.41) is 3.26. The van der Waals surface area contributed by atoms with Crippen LogP contribution in [0.5, 0.6) is 0 Å². The Morgan fingerprint density at radius 1 is 1.14 bits per heavy atom. The Bertz CT molecular complexity index is 830. The summed E-state index contributed by atoms with van der Waals surface area (Å²) in [6.07, 6.45) is 3.44. The van der Waals surface area contributed by atoms with Crippen LogP contribution in [-0.4, -0.2) is 59.4 Å². The van der Waals surface area contributed by atoms with E-state index in [1.807, 2.05) is 42.3 Å². The maximum atomic E-state index is 12.8. The Kier molecular flexibility index (Phi) is 5.57. The number of nitrogens with zero attached hydrogens (tertiary/aromatic N) is 4. The minimum absolute atomic E-state index is 0.169. The molecule has 1 saturated heterocycles. The number of fused-ring (bicyclic) bond motifs is 1. The van der Waals surface area contributed by atoms with E-state index in [0.717, 1.165) is 61.8 Å². The van der Waals surface area contributed by atoms with Crippen LogP contribution in [0.4, 0.5) is 5.82 Å². The fourth-order valence-electron chi connectivity index (χ4n) is 4.20. The van der Waals surface area contributed by atoms with Gasteiger partial charge >= 0.3 is 0 Å². The van der Waals surface area contributed by atoms with Gasteiger partial charge in [0.15, 0.2) is 0 Å². The van der Waals surface area contributed by atoms with Gasteiger partial charge in [0.05, 0.1) is 18.7 Å². The average Bonchev–Trinajstić information content (AvgIpc) is 2.73. The van der Waals surface area contributed by atoms with Crippen LogP contribution in [0, 0.1) is 0 Å². The van der Waals surface area contributed by atoms with Crippen molar-refractivity contribution in [2.45, 2.75) is 38.1 Å². The van der Waals surface area contributed by atoms with Gasteiger partial charge in [-0.3, -0.25) is 4.79 Å². The third-order valence-corrected chi connectivity index (χ3v) is 5.95. The van der Waals surface area contributed by atoms with E-state index >= 15 is 0 Å². The number of aromatic nitrogens is 2. The van der Waals surface area contributed by atoms with Crippen LogP contribution in [0.25, 0.3) is 0 Å². The molecule has 0 spiro atoms. The maximum absolute atomic E-state index is 12.8. The van der Waals surface area contributed by atoms with Gasteiger partial charge in [0, 0.05) is 25.1 Å². The summed E-state index contributed by atoms with van der Waals surface area (Å²) in [7, 11) is 4.09. The number of carbonyl (C=O) groups is 1. The first-order chi connectivity index (χ1) is 13.6. The van der Waals surface area contributed by atoms with Gasteiger partial charge in [0.25, 0.3) is 0 Å². The number of rotatable bonds is 4. The van der Waals surface area contributed by atoms with Crippen LogP contribution < -0.4 is 5.32 Å². The monoisotopic (exact) mass is 379 g/mol. The van der Waals surface area contributed by atoms with Crippen molar-refractivity contribution >= 4 is 11.7 Å². The van der Waals surface area contributed by atoms with Crippen LogP contribution in [0.3, 0.4) is 0 Å². The SMILES string of the molecule is CNc1nc(C2CCN(C)CC2)nc2c1CCN(C(=O)Cc1ccccc1)C2. The standard InChI is InChI=1S/C22H29N5O/c1-23-22-18-10-13-27(20(28)14-16-6-4-3-5-7-16)15-19(18)24-21(25-22)17-8-11-26(2)12-9-17/h3-7,17H,8-15H2,1-2H3,(H,23,24,25). The molecule has 28 heavy (non-hydrogen) atoms. The van der Waals surface area contributed by atoms with Gasteiger partial charge in [0.1, 0.15) is 11.6 Å². The van der Waals surface area contributed by atoms with E-state index in [4.69, 9.17) is 9.97 Å². The van der Waals surface area contributed by atoms with Gasteiger partial charge in [-0.2, -0.15) is 0 Å². The van der Waals surface area contributed by atoms with Crippen molar-refractivity contribution in [3.63, 3.8) is 0 Å². The molecule has 0 atom stereocenters. The van der Waals surface area contributed by atoms with Gasteiger partial charge in [-0.25, -0.2) is 9.97 Å². The minimum atomic E-state index is 0.169. The molecule has 6 heteroatoms. The van der Waals surface area contributed by atoms with Crippen molar-refractivity contribution in [1.29, 1.82) is 0 Å². The zero-order valence-corrected chi connectivity index (χ0v) is 16.8. The molecule has 1 amide bonds. The second-order valence-electron chi connectivity index (χ2n) is 7.91. The summed E-state index contributed by atoms with van der Waals surface area (Å²) in [6, 6.07) is 9.96. The summed E-state index contributed by atoms with van der Waals surface area (Å²) in [5.74, 6) is 2.45. The maximum Gasteiger partial charge on any atom is 0.227 e. The Morgan fingerprint density at radius 3 is 2.61 bits per heavy atom. The molecule has 1 aromatic heterocycles. The first-order valence-corrected chi connectivity index (χ1v) is 10.2. The van der Waals surface area contributed by atoms with Crippen molar-refractivity contribution in [2.75, 3.05) is 39.0 Å². The summed E-state index contributed by atoms with van der Waals surface area (Å²) in [5.41, 5.74) is 3.24. The molecule has 2 aliphatic rings. The highest BCUT2D eigenvalue weighted by molar-refractivity contribution is 5.79. The number of likely N-dealkylation sites (tertiary alicyclic amines) is 1. The van der Waals surface area contributed by atoms with Crippen LogP contribution in [0.2, 0.25) is 0 Å². The summed E-state index contributed by atoms with van der Waals surface area (Å²) >= 11 is 0. The molecule has 2 aliphatic heterocycles. The third-order valence-electron chi connectivity index (χ3n) is 5.95. The first kappa shape index (κ1) is 18.9. The van der Waals surface area contributed by atoms with Crippen LogP contribution in [-0.2, 0) is 24.2 Å². The molecule has 1 N–H and O–H groups in total. The quantitative estimate of drug-likeness (QED) is 0.884. The Hall–Kier alpha value is -2.47. The lowest BCUT2D eigenvalue weighted by atomic mass is 9.95. The number of hydrogen-bond donors (Lipinski definition) is 1. The highest BCUT2D eigenvalue weighted by atomic mass is 16.2. The molecule has 1 aromatic carbocycles. The summed E-state index contributed by atoms with van der Waals surface area (Å²) in [4.78, 5) is 26.9. The number of hydrogen-bond acceptors (Lipinski definition) is 5. The molecule has 2 aromatic rings. The lowest BCUT2D eigenvalue weighted by Gasteiger charge is -2.32. The van der Waals surface area contributed by atoms with E-state index in [1.165, 1.54) is 5.56 Å². The molecule has 0 radical (unpaired) electrons. The first-order valence-electron chi connectivity index (χ1n) is 10.2. The van der Waals surface area contributed by atoms with Gasteiger partial charge in [-0.05, 0) is 45.0 Å². The topological polar surface area (TPSA) is 61.4 Å². The van der Waals surface area contributed by atoms with Crippen molar-refractivity contribution in [2.24, 2.45) is 0 Å². The van der Waals surface area contributed by atoms with E-state index in [-0.39, 0.29) is 5.91 Å². The highest BCUT2D eigenvalue weighted by Crippen LogP contribution is 2.30. The Labute approximate surface area is 167 Å². The lowest BCUT2D eigenvalue weighted by molar-refractivity contribution is -0.131. The van der Waals surface area contributed by atoms with Gasteiger partial charge in [0.2, 0.25) is 5.91 Å². The molecule has 0 saturated carbocycles. The third kappa shape index (κ3) is 4.02. The van der Waals surface area contributed by atoms with E-state index in [0.29, 0.717) is 18.9 Å². The molecule has 0 aliphatic carbocycles. The van der Waals surface area contributed by atoms with E-state index in [9.17, 15) is 4.79 Å². The molecule has 6 nitrogen and oxygen atoms in total. The zero-order chi connectivity index (χ0) is 19.5. The molecule has 1 fully saturated rings. The number of anilines is 1. The zero-order valence-electron chi connectivity index (χ0n) is 16.8. The fourth-order valence-corrected chi connectivity index (χ4v) is 4.20. The van der Waals surface area contributed by atoms with E-state index in [1.54, 1.807) is 0 Å². The van der Waals surface area contributed by atoms with Crippen molar-refractivity contribution < 1.29 is 4.79 Å². The van der Waals surface area contributed by atoms with Crippen LogP contribution >= 0.6 is 0 Å². The smallest absolute Gasteiger partial charge is 0.227 e. The number of piperidine rings is 1. The van der Waals surface area contributed by atoms with Gasteiger partial charge in [-0.1, -0.05) is 30.3 Å². The van der Waals surface area contributed by atoms with Gasteiger partial charge in [-0.15, -0.1) is 0 Å². The molecular formula is C22H29N5O. The van der Waals surface area contributed by atoms with Crippen LogP contribution in [0.15, 0.2) is 30.3 Å². The molecule has 3 heterocycles. The minimum Gasteiger partial charge on any atom is -0.373 e.